The Labute approximate surface area is 99.4 Å². The second-order valence-electron chi connectivity index (χ2n) is 4.31. The van der Waals surface area contributed by atoms with Gasteiger partial charge in [-0.2, -0.15) is 5.10 Å². The second-order valence-corrected chi connectivity index (χ2v) is 4.31. The minimum Gasteiger partial charge on any atom is -0.389 e. The molecule has 2 rings (SSSR count). The Balaban J connectivity index is 1.58. The van der Waals surface area contributed by atoms with E-state index in [0.717, 1.165) is 0 Å². The molecular weight excluding hydrogens is 222 g/mol. The molecule has 1 aliphatic carbocycles. The van der Waals surface area contributed by atoms with Crippen LogP contribution in [0, 0.1) is 5.92 Å². The normalized spacial score (nSPS) is 16.8. The summed E-state index contributed by atoms with van der Waals surface area (Å²) < 4.78 is 5.32. The van der Waals surface area contributed by atoms with Crippen molar-refractivity contribution < 1.29 is 14.6 Å². The zero-order chi connectivity index (χ0) is 12.1. The van der Waals surface area contributed by atoms with Gasteiger partial charge in [0, 0.05) is 19.3 Å². The maximum atomic E-state index is 11.5. The summed E-state index contributed by atoms with van der Waals surface area (Å²) in [6.07, 6.45) is 3.30. The first-order valence-corrected chi connectivity index (χ1v) is 5.79. The third kappa shape index (κ3) is 4.16. The van der Waals surface area contributed by atoms with Crippen LogP contribution in [0.1, 0.15) is 23.3 Å². The van der Waals surface area contributed by atoms with Gasteiger partial charge in [0.05, 0.1) is 12.7 Å². The Morgan fingerprint density at radius 1 is 1.71 bits per heavy atom. The summed E-state index contributed by atoms with van der Waals surface area (Å²) in [5.74, 6) is 0.408. The first-order chi connectivity index (χ1) is 8.25. The number of nitrogens with zero attached hydrogens (tertiary/aromatic N) is 1. The summed E-state index contributed by atoms with van der Waals surface area (Å²) in [6, 6.07) is 1.57. The molecule has 1 aromatic rings. The smallest absolute Gasteiger partial charge is 0.269 e. The number of rotatable bonds is 7. The lowest BCUT2D eigenvalue weighted by Crippen LogP contribution is -2.34. The number of aliphatic hydroxyl groups excluding tert-OH is 1. The molecule has 0 spiro atoms. The lowest BCUT2D eigenvalue weighted by atomic mass is 10.3. The van der Waals surface area contributed by atoms with Crippen LogP contribution in [0.25, 0.3) is 0 Å². The number of aromatic nitrogens is 2. The van der Waals surface area contributed by atoms with E-state index in [1.54, 1.807) is 6.07 Å². The number of carbonyl (C=O) groups excluding carboxylic acids is 1. The van der Waals surface area contributed by atoms with Crippen molar-refractivity contribution in [1.82, 2.24) is 15.5 Å². The molecule has 94 valence electrons. The first-order valence-electron chi connectivity index (χ1n) is 5.79. The molecule has 6 nitrogen and oxygen atoms in total. The monoisotopic (exact) mass is 239 g/mol. The summed E-state index contributed by atoms with van der Waals surface area (Å²) in [5, 5.41) is 18.4. The van der Waals surface area contributed by atoms with E-state index in [4.69, 9.17) is 4.74 Å². The van der Waals surface area contributed by atoms with Gasteiger partial charge in [-0.25, -0.2) is 0 Å². The number of aromatic amines is 1. The summed E-state index contributed by atoms with van der Waals surface area (Å²) in [5.41, 5.74) is 0.385. The Morgan fingerprint density at radius 2 is 2.53 bits per heavy atom. The van der Waals surface area contributed by atoms with Gasteiger partial charge >= 0.3 is 0 Å². The maximum absolute atomic E-state index is 11.5. The Kier molecular flexibility index (Phi) is 4.11. The van der Waals surface area contributed by atoms with Gasteiger partial charge in [-0.15, -0.1) is 0 Å². The van der Waals surface area contributed by atoms with E-state index in [2.05, 4.69) is 15.5 Å². The van der Waals surface area contributed by atoms with E-state index in [1.165, 1.54) is 19.0 Å². The highest BCUT2D eigenvalue weighted by Gasteiger charge is 2.21. The molecular formula is C11H17N3O3. The molecule has 0 bridgehead atoms. The molecule has 1 fully saturated rings. The zero-order valence-corrected chi connectivity index (χ0v) is 9.56. The Bertz CT molecular complexity index is 349. The van der Waals surface area contributed by atoms with Gasteiger partial charge < -0.3 is 15.2 Å². The van der Waals surface area contributed by atoms with Crippen LogP contribution in [0.3, 0.4) is 0 Å². The van der Waals surface area contributed by atoms with Gasteiger partial charge in [-0.3, -0.25) is 9.89 Å². The Morgan fingerprint density at radius 3 is 3.18 bits per heavy atom. The number of hydrogen-bond donors (Lipinski definition) is 3. The molecule has 0 radical (unpaired) electrons. The van der Waals surface area contributed by atoms with Crippen LogP contribution in [0.2, 0.25) is 0 Å². The lowest BCUT2D eigenvalue weighted by molar-refractivity contribution is 0.0320. The minimum atomic E-state index is -0.666. The number of ether oxygens (including phenoxy) is 1. The van der Waals surface area contributed by atoms with Gasteiger partial charge in [0.25, 0.3) is 5.91 Å². The predicted molar refractivity (Wildman–Crippen MR) is 60.5 cm³/mol. The quantitative estimate of drug-likeness (QED) is 0.621. The third-order valence-electron chi connectivity index (χ3n) is 2.60. The van der Waals surface area contributed by atoms with Crippen LogP contribution in [0.15, 0.2) is 12.3 Å². The molecule has 0 aliphatic heterocycles. The molecule has 3 N–H and O–H groups in total. The highest BCUT2D eigenvalue weighted by molar-refractivity contribution is 5.92. The van der Waals surface area contributed by atoms with Crippen LogP contribution >= 0.6 is 0 Å². The van der Waals surface area contributed by atoms with Gasteiger partial charge in [-0.1, -0.05) is 0 Å². The van der Waals surface area contributed by atoms with Gasteiger partial charge in [0.1, 0.15) is 5.69 Å². The van der Waals surface area contributed by atoms with Crippen LogP contribution in [-0.2, 0) is 4.74 Å². The summed E-state index contributed by atoms with van der Waals surface area (Å²) in [7, 11) is 0. The predicted octanol–water partition coefficient (Wildman–Crippen LogP) is -0.0730. The average Bonchev–Trinajstić information content (AvgIpc) is 2.97. The SMILES string of the molecule is O=C(NCC(O)COCC1CC1)c1ccn[nH]1. The highest BCUT2D eigenvalue weighted by Crippen LogP contribution is 2.28. The summed E-state index contributed by atoms with van der Waals surface area (Å²) in [4.78, 5) is 11.5. The van der Waals surface area contributed by atoms with Crippen LogP contribution < -0.4 is 5.32 Å². The van der Waals surface area contributed by atoms with Crippen molar-refractivity contribution in [3.8, 4) is 0 Å². The van der Waals surface area contributed by atoms with Gasteiger partial charge in [0.2, 0.25) is 0 Å². The van der Waals surface area contributed by atoms with E-state index in [-0.39, 0.29) is 19.1 Å². The lowest BCUT2D eigenvalue weighted by Gasteiger charge is -2.11. The van der Waals surface area contributed by atoms with Crippen molar-refractivity contribution >= 4 is 5.91 Å². The molecule has 1 amide bonds. The highest BCUT2D eigenvalue weighted by atomic mass is 16.5. The standard InChI is InChI=1S/C11H17N3O3/c15-9(7-17-6-8-1-2-8)5-12-11(16)10-3-4-13-14-10/h3-4,8-9,15H,1-2,5-7H2,(H,12,16)(H,13,14). The third-order valence-corrected chi connectivity index (χ3v) is 2.60. The molecule has 1 aliphatic rings. The van der Waals surface area contributed by atoms with E-state index in [1.807, 2.05) is 0 Å². The number of nitrogens with one attached hydrogen (secondary N) is 2. The van der Waals surface area contributed by atoms with Crippen molar-refractivity contribution in [3.05, 3.63) is 18.0 Å². The number of amides is 1. The number of aliphatic hydroxyl groups is 1. The van der Waals surface area contributed by atoms with Crippen LogP contribution in [0.5, 0.6) is 0 Å². The van der Waals surface area contributed by atoms with E-state index < -0.39 is 6.10 Å². The number of carbonyl (C=O) groups is 1. The fraction of sp³-hybridized carbons (Fsp3) is 0.636. The molecule has 1 unspecified atom stereocenters. The summed E-state index contributed by atoms with van der Waals surface area (Å²) in [6.45, 7) is 1.16. The molecule has 1 saturated carbocycles. The van der Waals surface area contributed by atoms with Crippen molar-refractivity contribution in [2.75, 3.05) is 19.8 Å². The summed E-state index contributed by atoms with van der Waals surface area (Å²) >= 11 is 0. The maximum Gasteiger partial charge on any atom is 0.269 e. The molecule has 6 heteroatoms. The minimum absolute atomic E-state index is 0.183. The van der Waals surface area contributed by atoms with Crippen molar-refractivity contribution in [3.63, 3.8) is 0 Å². The number of hydrogen-bond acceptors (Lipinski definition) is 4. The van der Waals surface area contributed by atoms with E-state index in [9.17, 15) is 9.90 Å². The topological polar surface area (TPSA) is 87.2 Å². The van der Waals surface area contributed by atoms with Gasteiger partial charge in [-0.05, 0) is 24.8 Å². The Hall–Kier alpha value is -1.40. The van der Waals surface area contributed by atoms with Crippen LogP contribution in [-0.4, -0.2) is 47.1 Å². The molecule has 17 heavy (non-hydrogen) atoms. The van der Waals surface area contributed by atoms with Gasteiger partial charge in [0.15, 0.2) is 0 Å². The fourth-order valence-corrected chi connectivity index (χ4v) is 1.40. The van der Waals surface area contributed by atoms with Crippen LogP contribution in [0.4, 0.5) is 0 Å². The molecule has 0 saturated heterocycles. The van der Waals surface area contributed by atoms with Crippen molar-refractivity contribution in [2.45, 2.75) is 18.9 Å². The largest absolute Gasteiger partial charge is 0.389 e. The first kappa shape index (κ1) is 12.1. The second kappa shape index (κ2) is 5.79. The van der Waals surface area contributed by atoms with Crippen molar-refractivity contribution in [2.24, 2.45) is 5.92 Å². The van der Waals surface area contributed by atoms with E-state index >= 15 is 0 Å². The molecule has 1 heterocycles. The zero-order valence-electron chi connectivity index (χ0n) is 9.56. The number of H-pyrrole nitrogens is 1. The molecule has 1 aromatic heterocycles. The van der Waals surface area contributed by atoms with E-state index in [0.29, 0.717) is 18.2 Å². The molecule has 0 aromatic carbocycles. The average molecular weight is 239 g/mol. The fourth-order valence-electron chi connectivity index (χ4n) is 1.40. The van der Waals surface area contributed by atoms with Crippen molar-refractivity contribution in [1.29, 1.82) is 0 Å². The molecule has 1 atom stereocenters.